The molecule has 0 fully saturated rings. The number of rotatable bonds is 8. The monoisotopic (exact) mass is 420 g/mol. The molecular weight excluding hydrogens is 388 g/mol. The van der Waals surface area contributed by atoms with Crippen LogP contribution in [0.15, 0.2) is 47.4 Å². The lowest BCUT2D eigenvalue weighted by Gasteiger charge is -2.21. The molecule has 2 aromatic rings. The van der Waals surface area contributed by atoms with Gasteiger partial charge in [0.05, 0.1) is 4.90 Å². The van der Waals surface area contributed by atoms with Crippen LogP contribution in [0, 0.1) is 6.92 Å². The summed E-state index contributed by atoms with van der Waals surface area (Å²) < 4.78 is 28.4. The van der Waals surface area contributed by atoms with E-state index in [1.807, 2.05) is 19.9 Å². The molecule has 0 amide bonds. The minimum atomic E-state index is -3.70. The molecule has 160 valence electrons. The minimum Gasteiger partial charge on any atom is -0.491 e. The van der Waals surface area contributed by atoms with Gasteiger partial charge in [-0.25, -0.2) is 13.6 Å². The molecule has 2 atom stereocenters. The fourth-order valence-electron chi connectivity index (χ4n) is 2.90. The third-order valence-electron chi connectivity index (χ3n) is 4.84. The summed E-state index contributed by atoms with van der Waals surface area (Å²) in [6.07, 6.45) is -0.678. The highest BCUT2D eigenvalue weighted by Gasteiger charge is 2.16. The first-order valence-corrected chi connectivity index (χ1v) is 11.2. The van der Waals surface area contributed by atoms with Crippen molar-refractivity contribution in [2.45, 2.75) is 57.1 Å². The van der Waals surface area contributed by atoms with E-state index in [2.05, 4.69) is 38.2 Å². The zero-order valence-corrected chi connectivity index (χ0v) is 18.6. The van der Waals surface area contributed by atoms with Crippen LogP contribution < -0.4 is 15.2 Å². The van der Waals surface area contributed by atoms with Crippen molar-refractivity contribution in [3.05, 3.63) is 59.2 Å². The largest absolute Gasteiger partial charge is 0.491 e. The zero-order chi connectivity index (χ0) is 21.8. The lowest BCUT2D eigenvalue weighted by atomic mass is 9.86. The molecular formula is C22H32N2O4S. The van der Waals surface area contributed by atoms with Crippen molar-refractivity contribution < 1.29 is 18.3 Å². The second kappa shape index (κ2) is 9.26. The van der Waals surface area contributed by atoms with Crippen molar-refractivity contribution in [2.75, 3.05) is 13.2 Å². The highest BCUT2D eigenvalue weighted by Crippen LogP contribution is 2.27. The van der Waals surface area contributed by atoms with E-state index in [0.717, 1.165) is 16.9 Å². The predicted molar refractivity (Wildman–Crippen MR) is 116 cm³/mol. The van der Waals surface area contributed by atoms with Crippen molar-refractivity contribution in [1.82, 2.24) is 5.32 Å². The van der Waals surface area contributed by atoms with E-state index in [9.17, 15) is 13.5 Å². The molecule has 7 heteroatoms. The van der Waals surface area contributed by atoms with Crippen LogP contribution in [0.2, 0.25) is 0 Å². The maximum Gasteiger partial charge on any atom is 0.238 e. The molecule has 2 aromatic carbocycles. The molecule has 0 aromatic heterocycles. The summed E-state index contributed by atoms with van der Waals surface area (Å²) in [5, 5.41) is 18.6. The SMILES string of the molecule is Cc1cc(C(C)(C)C)ccc1OC[C@@H](O)CN[C@@H](C)c1ccc(S(N)(=O)=O)cc1. The topological polar surface area (TPSA) is 102 Å². The van der Waals surface area contributed by atoms with Gasteiger partial charge < -0.3 is 15.2 Å². The quantitative estimate of drug-likeness (QED) is 0.609. The summed E-state index contributed by atoms with van der Waals surface area (Å²) in [6, 6.07) is 12.4. The molecule has 0 heterocycles. The summed E-state index contributed by atoms with van der Waals surface area (Å²) in [7, 11) is -3.70. The Hall–Kier alpha value is -1.93. The molecule has 0 unspecified atom stereocenters. The Bertz CT molecular complexity index is 919. The van der Waals surface area contributed by atoms with Gasteiger partial charge in [0, 0.05) is 12.6 Å². The fourth-order valence-corrected chi connectivity index (χ4v) is 3.42. The summed E-state index contributed by atoms with van der Waals surface area (Å²) >= 11 is 0. The fraction of sp³-hybridized carbons (Fsp3) is 0.455. The summed E-state index contributed by atoms with van der Waals surface area (Å²) in [4.78, 5) is 0.0785. The molecule has 29 heavy (non-hydrogen) atoms. The van der Waals surface area contributed by atoms with Crippen molar-refractivity contribution >= 4 is 10.0 Å². The summed E-state index contributed by atoms with van der Waals surface area (Å²) in [6.45, 7) is 11.0. The third kappa shape index (κ3) is 6.82. The van der Waals surface area contributed by atoms with Crippen molar-refractivity contribution in [1.29, 1.82) is 0 Å². The molecule has 0 bridgehead atoms. The number of aliphatic hydroxyl groups excluding tert-OH is 1. The lowest BCUT2D eigenvalue weighted by molar-refractivity contribution is 0.104. The van der Waals surface area contributed by atoms with Crippen LogP contribution >= 0.6 is 0 Å². The second-order valence-corrected chi connectivity index (χ2v) is 10.0. The van der Waals surface area contributed by atoms with E-state index in [4.69, 9.17) is 9.88 Å². The number of sulfonamides is 1. The van der Waals surface area contributed by atoms with Gasteiger partial charge in [-0.15, -0.1) is 0 Å². The Morgan fingerprint density at radius 3 is 2.28 bits per heavy atom. The average molecular weight is 421 g/mol. The summed E-state index contributed by atoms with van der Waals surface area (Å²) in [5.74, 6) is 0.767. The number of hydrogen-bond acceptors (Lipinski definition) is 5. The van der Waals surface area contributed by atoms with E-state index in [0.29, 0.717) is 6.54 Å². The van der Waals surface area contributed by atoms with Gasteiger partial charge in [0.15, 0.2) is 0 Å². The van der Waals surface area contributed by atoms with Crippen LogP contribution in [0.5, 0.6) is 5.75 Å². The minimum absolute atomic E-state index is 0.0630. The molecule has 4 N–H and O–H groups in total. The zero-order valence-electron chi connectivity index (χ0n) is 17.8. The Morgan fingerprint density at radius 1 is 1.14 bits per heavy atom. The van der Waals surface area contributed by atoms with Crippen molar-refractivity contribution in [3.8, 4) is 5.75 Å². The highest BCUT2D eigenvalue weighted by molar-refractivity contribution is 7.89. The number of aliphatic hydroxyl groups is 1. The number of nitrogens with two attached hydrogens (primary N) is 1. The number of aryl methyl sites for hydroxylation is 1. The van der Waals surface area contributed by atoms with E-state index >= 15 is 0 Å². The number of hydrogen-bond donors (Lipinski definition) is 3. The van der Waals surface area contributed by atoms with Gasteiger partial charge in [-0.2, -0.15) is 0 Å². The van der Waals surface area contributed by atoms with Gasteiger partial charge in [-0.1, -0.05) is 45.0 Å². The normalized spacial score (nSPS) is 14.4. The van der Waals surface area contributed by atoms with Crippen LogP contribution in [0.25, 0.3) is 0 Å². The molecule has 0 aliphatic carbocycles. The molecule has 6 nitrogen and oxygen atoms in total. The lowest BCUT2D eigenvalue weighted by Crippen LogP contribution is -2.33. The van der Waals surface area contributed by atoms with E-state index in [-0.39, 0.29) is 23.0 Å². The Kier molecular flexibility index (Phi) is 7.45. The van der Waals surface area contributed by atoms with Crippen molar-refractivity contribution in [2.24, 2.45) is 5.14 Å². The maximum absolute atomic E-state index is 11.3. The average Bonchev–Trinajstić information content (AvgIpc) is 2.63. The smallest absolute Gasteiger partial charge is 0.238 e. The molecule has 0 radical (unpaired) electrons. The molecule has 0 aliphatic rings. The Morgan fingerprint density at radius 2 is 1.76 bits per heavy atom. The van der Waals surface area contributed by atoms with Crippen LogP contribution in [0.3, 0.4) is 0 Å². The molecule has 2 rings (SSSR count). The molecule has 0 spiro atoms. The van der Waals surface area contributed by atoms with Crippen LogP contribution in [-0.2, 0) is 15.4 Å². The first-order valence-electron chi connectivity index (χ1n) is 9.66. The number of benzene rings is 2. The number of primary sulfonamides is 1. The van der Waals surface area contributed by atoms with Gasteiger partial charge in [0.2, 0.25) is 10.0 Å². The van der Waals surface area contributed by atoms with Gasteiger partial charge in [0.1, 0.15) is 18.5 Å². The van der Waals surface area contributed by atoms with E-state index in [1.54, 1.807) is 12.1 Å². The van der Waals surface area contributed by atoms with Gasteiger partial charge >= 0.3 is 0 Å². The standard InChI is InChI=1S/C22H32N2O4S/c1-15-12-18(22(3,4)5)8-11-21(15)28-14-19(25)13-24-16(2)17-6-9-20(10-7-17)29(23,26)27/h6-12,16,19,24-25H,13-14H2,1-5H3,(H2,23,26,27)/t16-,19-/m0/s1. The first kappa shape index (κ1) is 23.3. The number of nitrogens with one attached hydrogen (secondary N) is 1. The second-order valence-electron chi connectivity index (χ2n) is 8.44. The van der Waals surface area contributed by atoms with E-state index < -0.39 is 16.1 Å². The molecule has 0 saturated carbocycles. The van der Waals surface area contributed by atoms with Gasteiger partial charge in [0.25, 0.3) is 0 Å². The van der Waals surface area contributed by atoms with E-state index in [1.165, 1.54) is 17.7 Å². The van der Waals surface area contributed by atoms with Crippen molar-refractivity contribution in [3.63, 3.8) is 0 Å². The first-order chi connectivity index (χ1) is 13.4. The maximum atomic E-state index is 11.3. The van der Waals surface area contributed by atoms with Crippen LogP contribution in [0.4, 0.5) is 0 Å². The molecule has 0 saturated heterocycles. The Labute approximate surface area is 174 Å². The van der Waals surface area contributed by atoms with Gasteiger partial charge in [-0.05, 0) is 54.2 Å². The molecule has 0 aliphatic heterocycles. The third-order valence-corrected chi connectivity index (χ3v) is 5.77. The predicted octanol–water partition coefficient (Wildman–Crippen LogP) is 3.03. The van der Waals surface area contributed by atoms with Gasteiger partial charge in [-0.3, -0.25) is 0 Å². The number of ether oxygens (including phenoxy) is 1. The summed E-state index contributed by atoms with van der Waals surface area (Å²) in [5.41, 5.74) is 3.27. The van der Waals surface area contributed by atoms with Crippen LogP contribution in [-0.4, -0.2) is 32.8 Å². The van der Waals surface area contributed by atoms with Crippen LogP contribution in [0.1, 0.15) is 50.4 Å². The Balaban J connectivity index is 1.86. The highest BCUT2D eigenvalue weighted by atomic mass is 32.2.